The van der Waals surface area contributed by atoms with Gasteiger partial charge in [0, 0.05) is 5.03 Å². The molecule has 0 heterocycles. The molecule has 0 amide bonds. The molecule has 78 valence electrons. The molecule has 0 radical (unpaired) electrons. The fourth-order valence-corrected chi connectivity index (χ4v) is 1.71. The van der Waals surface area contributed by atoms with Crippen molar-refractivity contribution in [2.75, 3.05) is 0 Å². The summed E-state index contributed by atoms with van der Waals surface area (Å²) in [5, 5.41) is 4.99. The minimum absolute atomic E-state index is 0.173. The summed E-state index contributed by atoms with van der Waals surface area (Å²) in [7, 11) is 0. The Morgan fingerprint density at radius 3 is 2.86 bits per heavy atom. The second kappa shape index (κ2) is 5.98. The van der Waals surface area contributed by atoms with Gasteiger partial charge in [0.2, 0.25) is 0 Å². The van der Waals surface area contributed by atoms with Gasteiger partial charge in [0.15, 0.2) is 5.11 Å². The molecule has 0 bridgehead atoms. The van der Waals surface area contributed by atoms with E-state index in [1.165, 1.54) is 19.3 Å². The van der Waals surface area contributed by atoms with Crippen molar-refractivity contribution in [3.8, 4) is 0 Å². The number of rotatable bonds is 2. The van der Waals surface area contributed by atoms with E-state index in [1.807, 2.05) is 0 Å². The largest absolute Gasteiger partial charge is 0.375 e. The predicted molar refractivity (Wildman–Crippen MR) is 64.4 cm³/mol. The second-order valence-electron chi connectivity index (χ2n) is 3.23. The number of allylic oxidation sites excluding steroid dienone is 2. The van der Waals surface area contributed by atoms with Crippen LogP contribution >= 0.6 is 23.8 Å². The van der Waals surface area contributed by atoms with Gasteiger partial charge >= 0.3 is 0 Å². The van der Waals surface area contributed by atoms with E-state index in [4.69, 9.17) is 17.3 Å². The van der Waals surface area contributed by atoms with E-state index in [0.29, 0.717) is 0 Å². The van der Waals surface area contributed by atoms with E-state index in [2.05, 4.69) is 22.7 Å². The van der Waals surface area contributed by atoms with Gasteiger partial charge in [0.05, 0.1) is 6.21 Å². The third-order valence-electron chi connectivity index (χ3n) is 2.09. The average molecular weight is 232 g/mol. The van der Waals surface area contributed by atoms with E-state index < -0.39 is 0 Å². The van der Waals surface area contributed by atoms with Crippen molar-refractivity contribution in [1.82, 2.24) is 5.43 Å². The molecule has 5 heteroatoms. The summed E-state index contributed by atoms with van der Waals surface area (Å²) in [6.07, 6.45) is 7.23. The van der Waals surface area contributed by atoms with Crippen LogP contribution in [0.2, 0.25) is 0 Å². The van der Waals surface area contributed by atoms with Gasteiger partial charge in [0.25, 0.3) is 0 Å². The van der Waals surface area contributed by atoms with E-state index in [-0.39, 0.29) is 5.11 Å². The first-order valence-corrected chi connectivity index (χ1v) is 5.45. The first-order chi connectivity index (χ1) is 6.70. The summed E-state index contributed by atoms with van der Waals surface area (Å²) in [5.74, 6) is 0. The molecule has 0 aromatic rings. The summed E-state index contributed by atoms with van der Waals surface area (Å²) in [5.41, 5.74) is 8.84. The molecular formula is C9H14ClN3S. The molecule has 0 atom stereocenters. The Balaban J connectivity index is 2.55. The van der Waals surface area contributed by atoms with Gasteiger partial charge in [-0.1, -0.05) is 18.0 Å². The quantitative estimate of drug-likeness (QED) is 0.436. The zero-order chi connectivity index (χ0) is 10.4. The highest BCUT2D eigenvalue weighted by molar-refractivity contribution is 7.80. The molecule has 0 spiro atoms. The lowest BCUT2D eigenvalue weighted by Crippen LogP contribution is -2.24. The SMILES string of the molecule is NC(=S)N/N=C/C1=C(Cl)CCCCC1. The maximum atomic E-state index is 6.10. The number of thiocarbonyl (C=S) groups is 1. The number of nitrogens with two attached hydrogens (primary N) is 1. The van der Waals surface area contributed by atoms with Gasteiger partial charge in [-0.15, -0.1) is 0 Å². The van der Waals surface area contributed by atoms with Crippen LogP contribution in [0.15, 0.2) is 15.7 Å². The topological polar surface area (TPSA) is 50.4 Å². The first-order valence-electron chi connectivity index (χ1n) is 4.66. The van der Waals surface area contributed by atoms with Gasteiger partial charge in [-0.2, -0.15) is 5.10 Å². The van der Waals surface area contributed by atoms with Crippen LogP contribution in [-0.4, -0.2) is 11.3 Å². The van der Waals surface area contributed by atoms with Crippen LogP contribution in [0.25, 0.3) is 0 Å². The van der Waals surface area contributed by atoms with Gasteiger partial charge in [-0.05, 0) is 43.5 Å². The number of hydrazone groups is 1. The lowest BCUT2D eigenvalue weighted by atomic mass is 10.1. The molecule has 0 aromatic heterocycles. The molecular weight excluding hydrogens is 218 g/mol. The van der Waals surface area contributed by atoms with Crippen molar-refractivity contribution in [3.63, 3.8) is 0 Å². The number of hydrogen-bond donors (Lipinski definition) is 2. The normalized spacial score (nSPS) is 18.4. The van der Waals surface area contributed by atoms with Gasteiger partial charge in [-0.25, -0.2) is 0 Å². The van der Waals surface area contributed by atoms with Gasteiger partial charge < -0.3 is 5.73 Å². The monoisotopic (exact) mass is 231 g/mol. The number of hydrogen-bond acceptors (Lipinski definition) is 2. The molecule has 0 saturated heterocycles. The summed E-state index contributed by atoms with van der Waals surface area (Å²) in [6, 6.07) is 0. The Kier molecular flexibility index (Phi) is 4.90. The van der Waals surface area contributed by atoms with Crippen molar-refractivity contribution < 1.29 is 0 Å². The highest BCUT2D eigenvalue weighted by atomic mass is 35.5. The third-order valence-corrected chi connectivity index (χ3v) is 2.61. The lowest BCUT2D eigenvalue weighted by molar-refractivity contribution is 0.713. The predicted octanol–water partition coefficient (Wildman–Crippen LogP) is 2.26. The van der Waals surface area contributed by atoms with Crippen molar-refractivity contribution in [3.05, 3.63) is 10.6 Å². The number of halogens is 1. The molecule has 3 N–H and O–H groups in total. The van der Waals surface area contributed by atoms with Crippen molar-refractivity contribution in [2.24, 2.45) is 10.8 Å². The molecule has 0 aromatic carbocycles. The first kappa shape index (κ1) is 11.5. The summed E-state index contributed by atoms with van der Waals surface area (Å²) in [6.45, 7) is 0. The molecule has 1 aliphatic carbocycles. The Labute approximate surface area is 94.4 Å². The van der Waals surface area contributed by atoms with Crippen LogP contribution in [0.3, 0.4) is 0 Å². The zero-order valence-corrected chi connectivity index (χ0v) is 9.50. The maximum absolute atomic E-state index is 6.10. The minimum Gasteiger partial charge on any atom is -0.375 e. The molecule has 1 aliphatic rings. The minimum atomic E-state index is 0.173. The maximum Gasteiger partial charge on any atom is 0.184 e. The van der Waals surface area contributed by atoms with E-state index in [9.17, 15) is 0 Å². The summed E-state index contributed by atoms with van der Waals surface area (Å²) < 4.78 is 0. The molecule has 0 aliphatic heterocycles. The highest BCUT2D eigenvalue weighted by Gasteiger charge is 2.07. The van der Waals surface area contributed by atoms with E-state index in [0.717, 1.165) is 23.4 Å². The average Bonchev–Trinajstić information content (AvgIpc) is 2.31. The van der Waals surface area contributed by atoms with Crippen LogP contribution in [-0.2, 0) is 0 Å². The van der Waals surface area contributed by atoms with Crippen LogP contribution in [0, 0.1) is 0 Å². The third kappa shape index (κ3) is 4.07. The van der Waals surface area contributed by atoms with Crippen LogP contribution < -0.4 is 11.2 Å². The Morgan fingerprint density at radius 2 is 2.14 bits per heavy atom. The van der Waals surface area contributed by atoms with E-state index in [1.54, 1.807) is 6.21 Å². The molecule has 0 saturated carbocycles. The van der Waals surface area contributed by atoms with Crippen molar-refractivity contribution >= 4 is 35.1 Å². The Hall–Kier alpha value is -0.610. The Bertz CT molecular complexity index is 273. The summed E-state index contributed by atoms with van der Waals surface area (Å²) in [4.78, 5) is 0. The molecule has 1 rings (SSSR count). The van der Waals surface area contributed by atoms with Crippen molar-refractivity contribution in [2.45, 2.75) is 32.1 Å². The van der Waals surface area contributed by atoms with Gasteiger partial charge in [-0.3, -0.25) is 5.43 Å². The zero-order valence-electron chi connectivity index (χ0n) is 7.92. The molecule has 0 unspecified atom stereocenters. The van der Waals surface area contributed by atoms with Crippen LogP contribution in [0.4, 0.5) is 0 Å². The lowest BCUT2D eigenvalue weighted by Gasteiger charge is -2.00. The highest BCUT2D eigenvalue weighted by Crippen LogP contribution is 2.24. The number of nitrogens with one attached hydrogen (secondary N) is 1. The van der Waals surface area contributed by atoms with Gasteiger partial charge in [0.1, 0.15) is 0 Å². The molecule has 3 nitrogen and oxygen atoms in total. The Morgan fingerprint density at radius 1 is 1.43 bits per heavy atom. The standard InChI is InChI=1S/C9H14ClN3S/c10-8-5-3-1-2-4-7(8)6-12-13-9(11)14/h6H,1-5H2,(H3,11,13,14)/b12-6+. The number of nitrogens with zero attached hydrogens (tertiary/aromatic N) is 1. The molecule has 0 fully saturated rings. The van der Waals surface area contributed by atoms with E-state index >= 15 is 0 Å². The van der Waals surface area contributed by atoms with Crippen LogP contribution in [0.5, 0.6) is 0 Å². The van der Waals surface area contributed by atoms with Crippen LogP contribution in [0.1, 0.15) is 32.1 Å². The molecule has 14 heavy (non-hydrogen) atoms. The smallest absolute Gasteiger partial charge is 0.184 e. The summed E-state index contributed by atoms with van der Waals surface area (Å²) >= 11 is 10.7. The second-order valence-corrected chi connectivity index (χ2v) is 4.12. The van der Waals surface area contributed by atoms with Crippen molar-refractivity contribution in [1.29, 1.82) is 0 Å². The fourth-order valence-electron chi connectivity index (χ4n) is 1.38. The fraction of sp³-hybridized carbons (Fsp3) is 0.556.